The number of likely N-dealkylation sites (tertiary alicyclic amines) is 1. The van der Waals surface area contributed by atoms with E-state index in [-0.39, 0.29) is 12.1 Å². The van der Waals surface area contributed by atoms with Crippen molar-refractivity contribution < 1.29 is 18.8 Å². The maximum absolute atomic E-state index is 13.3. The number of quaternary nitrogens is 1. The number of carbonyl (C=O) groups excluding carboxylic acids is 1. The lowest BCUT2D eigenvalue weighted by Crippen LogP contribution is -2.55. The summed E-state index contributed by atoms with van der Waals surface area (Å²) < 4.78 is 12.6. The van der Waals surface area contributed by atoms with Crippen LogP contribution >= 0.6 is 0 Å². The average Bonchev–Trinajstić information content (AvgIpc) is 3.77. The predicted octanol–water partition coefficient (Wildman–Crippen LogP) is 6.43. The second-order valence-corrected chi connectivity index (χ2v) is 12.6. The molecule has 0 bridgehead atoms. The Kier molecular flexibility index (Phi) is 7.21. The van der Waals surface area contributed by atoms with Crippen LogP contribution in [0.25, 0.3) is 11.0 Å². The molecule has 2 fully saturated rings. The highest BCUT2D eigenvalue weighted by atomic mass is 16.5. The molecule has 43 heavy (non-hydrogen) atoms. The fraction of sp³-hybridized carbons (Fsp3) is 0.441. The molecule has 2 amide bonds. The molecule has 9 nitrogen and oxygen atoms in total. The zero-order valence-corrected chi connectivity index (χ0v) is 25.4. The lowest BCUT2D eigenvalue weighted by molar-refractivity contribution is -0.875. The van der Waals surface area contributed by atoms with Gasteiger partial charge in [-0.2, -0.15) is 0 Å². The Morgan fingerprint density at radius 2 is 1.88 bits per heavy atom. The third kappa shape index (κ3) is 5.66. The highest BCUT2D eigenvalue weighted by Gasteiger charge is 2.38. The molecule has 1 saturated carbocycles. The number of methoxy groups -OCH3 is 1. The van der Waals surface area contributed by atoms with Crippen LogP contribution in [0.3, 0.4) is 0 Å². The van der Waals surface area contributed by atoms with Gasteiger partial charge in [-0.25, -0.2) is 14.8 Å². The van der Waals surface area contributed by atoms with Crippen molar-refractivity contribution in [3.8, 4) is 11.5 Å². The van der Waals surface area contributed by atoms with E-state index < -0.39 is 0 Å². The van der Waals surface area contributed by atoms with Crippen molar-refractivity contribution in [2.45, 2.75) is 63.8 Å². The standard InChI is InChI=1S/C34H40N6O3/c1-22-18-28(21-30-32(22)38-33(36-30)23-7-8-23)43-31-20-26(6-4-5-14-35-31)40(2)16-12-25(13-17-40)39-15-11-24-19-27(42-3)9-10-29(24)37-34(39)41/h6,9-10,14,18-21,23,25H,4-5,7-8,11-13,15-17H2,1-3H3,(H-,36,37,38,41)/p+1. The monoisotopic (exact) mass is 581 g/mol. The van der Waals surface area contributed by atoms with Crippen LogP contribution in [0.2, 0.25) is 0 Å². The Labute approximate surface area is 252 Å². The number of urea groups is 1. The van der Waals surface area contributed by atoms with E-state index in [1.165, 1.54) is 18.5 Å². The third-order valence-corrected chi connectivity index (χ3v) is 9.51. The molecule has 1 saturated heterocycles. The van der Waals surface area contributed by atoms with Gasteiger partial charge in [-0.05, 0) is 80.5 Å². The number of anilines is 1. The summed E-state index contributed by atoms with van der Waals surface area (Å²) in [6.45, 7) is 4.68. The molecule has 3 aliphatic heterocycles. The van der Waals surface area contributed by atoms with Crippen LogP contribution in [-0.2, 0) is 6.42 Å². The molecule has 3 aromatic rings. The molecule has 4 heterocycles. The number of imidazole rings is 1. The van der Waals surface area contributed by atoms with Crippen LogP contribution in [0.15, 0.2) is 59.1 Å². The number of ether oxygens (including phenoxy) is 2. The van der Waals surface area contributed by atoms with Gasteiger partial charge in [0.1, 0.15) is 23.0 Å². The maximum Gasteiger partial charge on any atom is 0.322 e. The van der Waals surface area contributed by atoms with Crippen molar-refractivity contribution in [2.24, 2.45) is 4.99 Å². The number of H-pyrrole nitrogens is 1. The molecule has 1 aromatic heterocycles. The lowest BCUT2D eigenvalue weighted by atomic mass is 9.99. The van der Waals surface area contributed by atoms with Crippen LogP contribution < -0.4 is 14.8 Å². The van der Waals surface area contributed by atoms with E-state index >= 15 is 0 Å². The molecule has 4 aliphatic rings. The summed E-state index contributed by atoms with van der Waals surface area (Å²) in [5, 5.41) is 3.14. The first-order valence-electron chi connectivity index (χ1n) is 15.6. The Morgan fingerprint density at radius 1 is 1.05 bits per heavy atom. The number of hydrogen-bond acceptors (Lipinski definition) is 5. The van der Waals surface area contributed by atoms with E-state index in [1.54, 1.807) is 7.11 Å². The van der Waals surface area contributed by atoms with Gasteiger partial charge in [0.05, 0.1) is 44.4 Å². The SMILES string of the molecule is COc1ccc2c(c1)CCN(C1CC[N+](C)(C3=CCCC=NC(Oc4cc(C)c5nc(C6CC6)[nH]c5c4)=C3)CC1)C(=O)N2. The molecule has 224 valence electrons. The van der Waals surface area contributed by atoms with Crippen molar-refractivity contribution in [2.75, 3.05) is 39.1 Å². The summed E-state index contributed by atoms with van der Waals surface area (Å²) >= 11 is 0. The molecule has 0 spiro atoms. The molecule has 1 aliphatic carbocycles. The predicted molar refractivity (Wildman–Crippen MR) is 169 cm³/mol. The topological polar surface area (TPSA) is 91.8 Å². The first-order chi connectivity index (χ1) is 20.9. The van der Waals surface area contributed by atoms with Crippen molar-refractivity contribution >= 4 is 29.0 Å². The highest BCUT2D eigenvalue weighted by Crippen LogP contribution is 2.40. The van der Waals surface area contributed by atoms with Gasteiger partial charge in [0.15, 0.2) is 0 Å². The summed E-state index contributed by atoms with van der Waals surface area (Å²) in [6, 6.07) is 10.2. The van der Waals surface area contributed by atoms with E-state index in [9.17, 15) is 4.79 Å². The van der Waals surface area contributed by atoms with Gasteiger partial charge >= 0.3 is 6.03 Å². The van der Waals surface area contributed by atoms with Gasteiger partial charge in [-0.15, -0.1) is 0 Å². The first-order valence-corrected chi connectivity index (χ1v) is 15.6. The number of hydrogen-bond donors (Lipinski definition) is 2. The Hall–Kier alpha value is -4.11. The average molecular weight is 582 g/mol. The van der Waals surface area contributed by atoms with Gasteiger partial charge in [0.2, 0.25) is 5.88 Å². The number of allylic oxidation sites excluding steroid dienone is 2. The first kappa shape index (κ1) is 27.7. The summed E-state index contributed by atoms with van der Waals surface area (Å²) in [5.41, 5.74) is 6.36. The number of likely N-dealkylation sites (N-methyl/N-ethyl adjacent to an activating group) is 1. The number of benzene rings is 2. The number of aryl methyl sites for hydroxylation is 1. The van der Waals surface area contributed by atoms with Crippen LogP contribution in [0.1, 0.15) is 61.4 Å². The summed E-state index contributed by atoms with van der Waals surface area (Å²) in [7, 11) is 3.97. The van der Waals surface area contributed by atoms with Gasteiger partial charge < -0.3 is 24.7 Å². The van der Waals surface area contributed by atoms with Crippen LogP contribution in [0.5, 0.6) is 11.5 Å². The Balaban J connectivity index is 1.05. The second-order valence-electron chi connectivity index (χ2n) is 12.6. The van der Waals surface area contributed by atoms with E-state index in [1.807, 2.05) is 35.4 Å². The molecule has 0 radical (unpaired) electrons. The fourth-order valence-corrected chi connectivity index (χ4v) is 6.72. The third-order valence-electron chi connectivity index (χ3n) is 9.51. The van der Waals surface area contributed by atoms with Gasteiger partial charge in [-0.3, -0.25) is 4.48 Å². The van der Waals surface area contributed by atoms with E-state index in [4.69, 9.17) is 19.5 Å². The number of carbonyl (C=O) groups is 1. The number of nitrogens with one attached hydrogen (secondary N) is 2. The van der Waals surface area contributed by atoms with E-state index in [2.05, 4.69) is 42.5 Å². The van der Waals surface area contributed by atoms with E-state index in [0.717, 1.165) is 94.8 Å². The minimum atomic E-state index is -0.00566. The minimum Gasteiger partial charge on any atom is -0.497 e. The Bertz CT molecular complexity index is 1640. The second kappa shape index (κ2) is 11.2. The number of rotatable bonds is 6. The molecule has 2 N–H and O–H groups in total. The van der Waals surface area contributed by atoms with Crippen molar-refractivity contribution in [1.82, 2.24) is 14.9 Å². The van der Waals surface area contributed by atoms with Crippen LogP contribution in [0.4, 0.5) is 10.5 Å². The number of aromatic amines is 1. The van der Waals surface area contributed by atoms with Crippen LogP contribution in [-0.4, -0.2) is 71.4 Å². The number of nitrogens with zero attached hydrogens (tertiary/aromatic N) is 4. The lowest BCUT2D eigenvalue weighted by Gasteiger charge is -2.43. The number of piperidine rings is 1. The number of aromatic nitrogens is 2. The quantitative estimate of drug-likeness (QED) is 0.329. The van der Waals surface area contributed by atoms with Gasteiger partial charge in [0.25, 0.3) is 0 Å². The molecule has 7 rings (SSSR count). The van der Waals surface area contributed by atoms with Gasteiger partial charge in [-0.1, -0.05) is 0 Å². The number of amides is 2. The number of fused-ring (bicyclic) bond motifs is 2. The fourth-order valence-electron chi connectivity index (χ4n) is 6.72. The van der Waals surface area contributed by atoms with Gasteiger partial charge in [0, 0.05) is 49.3 Å². The molecular formula is C34H41N6O3+. The molecule has 0 unspecified atom stereocenters. The molecule has 0 atom stereocenters. The smallest absolute Gasteiger partial charge is 0.322 e. The summed E-state index contributed by atoms with van der Waals surface area (Å²) in [5.74, 6) is 3.86. The number of aliphatic imine (C=N–C) groups is 1. The van der Waals surface area contributed by atoms with E-state index in [0.29, 0.717) is 18.3 Å². The zero-order valence-electron chi connectivity index (χ0n) is 25.4. The minimum absolute atomic E-state index is 0.00566. The molecule has 2 aromatic carbocycles. The molecule has 9 heteroatoms. The van der Waals surface area contributed by atoms with Crippen molar-refractivity contribution in [3.63, 3.8) is 0 Å². The zero-order chi connectivity index (χ0) is 29.6. The summed E-state index contributed by atoms with van der Waals surface area (Å²) in [6.07, 6.45) is 13.3. The normalized spacial score (nSPS) is 24.3. The van der Waals surface area contributed by atoms with Crippen LogP contribution in [0, 0.1) is 6.92 Å². The van der Waals surface area contributed by atoms with Crippen molar-refractivity contribution in [1.29, 1.82) is 0 Å². The maximum atomic E-state index is 13.3. The largest absolute Gasteiger partial charge is 0.497 e. The highest BCUT2D eigenvalue weighted by molar-refractivity contribution is 5.91. The van der Waals surface area contributed by atoms with Crippen molar-refractivity contribution in [3.05, 3.63) is 71.0 Å². The summed E-state index contributed by atoms with van der Waals surface area (Å²) in [4.78, 5) is 28.4. The Morgan fingerprint density at radius 3 is 2.67 bits per heavy atom. The molecular weight excluding hydrogens is 540 g/mol.